The van der Waals surface area contributed by atoms with E-state index in [0.717, 1.165) is 6.54 Å². The van der Waals surface area contributed by atoms with Gasteiger partial charge in [-0.2, -0.15) is 0 Å². The number of halogens is 1. The van der Waals surface area contributed by atoms with Crippen LogP contribution in [0.3, 0.4) is 0 Å². The van der Waals surface area contributed by atoms with Gasteiger partial charge in [0.2, 0.25) is 0 Å². The molecule has 0 aromatic carbocycles. The lowest BCUT2D eigenvalue weighted by atomic mass is 10.0. The van der Waals surface area contributed by atoms with Gasteiger partial charge in [-0.15, -0.1) is 12.6 Å². The minimum absolute atomic E-state index is 0.630. The van der Waals surface area contributed by atoms with Crippen LogP contribution in [0.25, 0.3) is 0 Å². The van der Waals surface area contributed by atoms with E-state index in [4.69, 9.17) is 12.2 Å². The van der Waals surface area contributed by atoms with E-state index in [9.17, 15) is 0 Å². The number of nitrogens with one attached hydrogen (secondary N) is 1. The predicted molar refractivity (Wildman–Crippen MR) is 192 cm³/mol. The van der Waals surface area contributed by atoms with Gasteiger partial charge in [0.25, 0.3) is 0 Å². The van der Waals surface area contributed by atoms with Crippen molar-refractivity contribution in [3.8, 4) is 0 Å². The first-order valence-corrected chi connectivity index (χ1v) is 19.7. The Bertz CT molecular complexity index is 446. The highest BCUT2D eigenvalue weighted by Crippen LogP contribution is 2.16. The molecule has 0 saturated carbocycles. The molecule has 0 unspecified atom stereocenters. The van der Waals surface area contributed by atoms with Gasteiger partial charge in [-0.25, -0.2) is 0 Å². The lowest BCUT2D eigenvalue weighted by Gasteiger charge is -2.05. The average molecular weight is 682 g/mol. The fraction of sp³-hybridized carbons (Fsp3) is 0.971. The molecule has 1 nitrogen and oxygen atoms in total. The maximum atomic E-state index is 4.90. The number of thiol groups is 1. The zero-order valence-electron chi connectivity index (χ0n) is 25.6. The number of hydrogen-bond acceptors (Lipinski definition) is 1. The molecule has 0 aliphatic rings. The van der Waals surface area contributed by atoms with E-state index >= 15 is 0 Å². The molecule has 0 bridgehead atoms. The van der Waals surface area contributed by atoms with Crippen molar-refractivity contribution in [2.75, 3.05) is 11.0 Å². The van der Waals surface area contributed by atoms with E-state index in [0.29, 0.717) is 4.32 Å². The van der Waals surface area contributed by atoms with Gasteiger partial charge in [0.1, 0.15) is 4.32 Å². The van der Waals surface area contributed by atoms with Gasteiger partial charge in [-0.3, -0.25) is 0 Å². The van der Waals surface area contributed by atoms with E-state index < -0.39 is 0 Å². The van der Waals surface area contributed by atoms with Gasteiger partial charge in [-0.1, -0.05) is 221 Å². The average Bonchev–Trinajstić information content (AvgIpc) is 2.91. The molecule has 0 aliphatic carbocycles. The van der Waals surface area contributed by atoms with E-state index in [1.807, 2.05) is 0 Å². The summed E-state index contributed by atoms with van der Waals surface area (Å²) >= 11 is 11.5. The topological polar surface area (TPSA) is 12.0 Å². The second-order valence-corrected chi connectivity index (χ2v) is 14.1. The lowest BCUT2D eigenvalue weighted by molar-refractivity contribution is 0.512. The van der Waals surface area contributed by atoms with Crippen molar-refractivity contribution in [1.29, 1.82) is 0 Å². The van der Waals surface area contributed by atoms with Crippen LogP contribution in [0.5, 0.6) is 0 Å². The molecule has 0 heterocycles. The SMILES string of the molecule is S=C(S)NCCCCCCCCCCCCCCCCCCCCCCCCCCCCCCCCCI. The Hall–Kier alpha value is 0.970. The summed E-state index contributed by atoms with van der Waals surface area (Å²) in [5.74, 6) is 0. The number of unbranched alkanes of at least 4 members (excludes halogenated alkanes) is 30. The zero-order valence-corrected chi connectivity index (χ0v) is 29.4. The van der Waals surface area contributed by atoms with E-state index in [-0.39, 0.29) is 0 Å². The summed E-state index contributed by atoms with van der Waals surface area (Å²) < 4.78 is 1.97. The Labute approximate surface area is 265 Å². The van der Waals surface area contributed by atoms with Crippen LogP contribution in [0.4, 0.5) is 0 Å². The van der Waals surface area contributed by atoms with Crippen LogP contribution < -0.4 is 5.32 Å². The van der Waals surface area contributed by atoms with Gasteiger partial charge in [-0.05, 0) is 17.3 Å². The third-order valence-corrected chi connectivity index (χ3v) is 9.15. The maximum Gasteiger partial charge on any atom is 0.130 e. The van der Waals surface area contributed by atoms with E-state index in [1.165, 1.54) is 203 Å². The molecule has 4 heteroatoms. The Morgan fingerprint density at radius 3 is 0.737 bits per heavy atom. The Kier molecular flexibility index (Phi) is 36.9. The van der Waals surface area contributed by atoms with Gasteiger partial charge in [0.15, 0.2) is 0 Å². The molecule has 0 saturated heterocycles. The largest absolute Gasteiger partial charge is 0.371 e. The van der Waals surface area contributed by atoms with E-state index in [1.54, 1.807) is 0 Å². The Balaban J connectivity index is 3.02. The van der Waals surface area contributed by atoms with Crippen molar-refractivity contribution in [3.63, 3.8) is 0 Å². The second kappa shape index (κ2) is 36.0. The molecule has 0 aliphatic heterocycles. The fourth-order valence-corrected chi connectivity index (χ4v) is 6.29. The third-order valence-electron chi connectivity index (χ3n) is 8.09. The van der Waals surface area contributed by atoms with Crippen molar-refractivity contribution in [2.45, 2.75) is 199 Å². The van der Waals surface area contributed by atoms with Crippen molar-refractivity contribution in [3.05, 3.63) is 0 Å². The lowest BCUT2D eigenvalue weighted by Crippen LogP contribution is -2.17. The first-order valence-electron chi connectivity index (χ1n) is 17.3. The monoisotopic (exact) mass is 681 g/mol. The third kappa shape index (κ3) is 37.0. The van der Waals surface area contributed by atoms with Crippen molar-refractivity contribution in [1.82, 2.24) is 5.32 Å². The quantitative estimate of drug-likeness (QED) is 0.0235. The normalized spacial score (nSPS) is 11.3. The molecule has 0 rings (SSSR count). The molecule has 0 spiro atoms. The molecule has 38 heavy (non-hydrogen) atoms. The van der Waals surface area contributed by atoms with Crippen LogP contribution in [-0.4, -0.2) is 15.3 Å². The van der Waals surface area contributed by atoms with Crippen LogP contribution in [0.15, 0.2) is 0 Å². The first-order chi connectivity index (χ1) is 18.8. The van der Waals surface area contributed by atoms with Crippen molar-refractivity contribution < 1.29 is 0 Å². The molecule has 0 atom stereocenters. The molecule has 0 fully saturated rings. The highest BCUT2D eigenvalue weighted by Gasteiger charge is 1.97. The highest BCUT2D eigenvalue weighted by atomic mass is 127. The van der Waals surface area contributed by atoms with Gasteiger partial charge in [0.05, 0.1) is 0 Å². The van der Waals surface area contributed by atoms with Crippen molar-refractivity contribution in [2.24, 2.45) is 0 Å². The molecular weight excluding hydrogens is 613 g/mol. The minimum Gasteiger partial charge on any atom is -0.371 e. The summed E-state index contributed by atoms with van der Waals surface area (Å²) in [6.07, 6.45) is 45.1. The molecule has 228 valence electrons. The zero-order chi connectivity index (χ0) is 27.6. The summed E-state index contributed by atoms with van der Waals surface area (Å²) in [5, 5.41) is 3.11. The summed E-state index contributed by atoms with van der Waals surface area (Å²) in [6.45, 7) is 0.988. The van der Waals surface area contributed by atoms with Gasteiger partial charge in [0, 0.05) is 6.54 Å². The van der Waals surface area contributed by atoms with Crippen LogP contribution in [0.2, 0.25) is 0 Å². The smallest absolute Gasteiger partial charge is 0.130 e. The number of alkyl halides is 1. The van der Waals surface area contributed by atoms with Crippen molar-refractivity contribution >= 4 is 51.8 Å². The summed E-state index contributed by atoms with van der Waals surface area (Å²) in [7, 11) is 0. The molecule has 0 radical (unpaired) electrons. The second-order valence-electron chi connectivity index (χ2n) is 11.9. The van der Waals surface area contributed by atoms with Crippen LogP contribution in [-0.2, 0) is 0 Å². The molecule has 0 aromatic heterocycles. The molecule has 0 aromatic rings. The number of hydrogen-bond donors (Lipinski definition) is 2. The molecular formula is C34H68INS2. The summed E-state index contributed by atoms with van der Waals surface area (Å²) in [5.41, 5.74) is 0. The number of rotatable bonds is 33. The maximum absolute atomic E-state index is 4.90. The molecule has 0 amide bonds. The predicted octanol–water partition coefficient (Wildman–Crippen LogP) is 13.3. The van der Waals surface area contributed by atoms with Crippen LogP contribution in [0.1, 0.15) is 199 Å². The fourth-order valence-electron chi connectivity index (χ4n) is 5.54. The van der Waals surface area contributed by atoms with Gasteiger partial charge >= 0.3 is 0 Å². The van der Waals surface area contributed by atoms with E-state index in [2.05, 4.69) is 40.5 Å². The highest BCUT2D eigenvalue weighted by molar-refractivity contribution is 14.1. The Morgan fingerprint density at radius 1 is 0.368 bits per heavy atom. The Morgan fingerprint density at radius 2 is 0.553 bits per heavy atom. The number of thiocarbonyl (C=S) groups is 1. The summed E-state index contributed by atoms with van der Waals surface area (Å²) in [6, 6.07) is 0. The summed E-state index contributed by atoms with van der Waals surface area (Å²) in [4.78, 5) is 0. The molecule has 1 N–H and O–H groups in total. The van der Waals surface area contributed by atoms with Gasteiger partial charge < -0.3 is 5.32 Å². The van der Waals surface area contributed by atoms with Crippen LogP contribution in [0, 0.1) is 0 Å². The van der Waals surface area contributed by atoms with Crippen LogP contribution >= 0.6 is 47.4 Å². The standard InChI is InChI=1S/C34H68INS2/c35-32-30-28-26-24-22-20-18-16-14-12-10-8-6-4-2-1-3-5-7-9-11-13-15-17-19-21-23-25-27-29-31-33-36-34(37)38/h1-33H2,(H2,36,37,38). The minimum atomic E-state index is 0.630. The first kappa shape index (κ1) is 39.0.